The highest BCUT2D eigenvalue weighted by Crippen LogP contribution is 2.31. The van der Waals surface area contributed by atoms with Gasteiger partial charge in [-0.15, -0.1) is 0 Å². The van der Waals surface area contributed by atoms with Crippen LogP contribution in [0.4, 0.5) is 0 Å². The monoisotopic (exact) mass is 407 g/mol. The number of benzene rings is 1. The van der Waals surface area contributed by atoms with Gasteiger partial charge in [0.2, 0.25) is 5.91 Å². The van der Waals surface area contributed by atoms with Gasteiger partial charge in [0.15, 0.2) is 0 Å². The molecule has 2 heterocycles. The average Bonchev–Trinajstić information content (AvgIpc) is 3.01. The van der Waals surface area contributed by atoms with Gasteiger partial charge in [0.1, 0.15) is 18.1 Å². The number of hydrogen-bond acceptors (Lipinski definition) is 4. The molecule has 0 atom stereocenters. The average molecular weight is 408 g/mol. The van der Waals surface area contributed by atoms with E-state index in [0.29, 0.717) is 40.1 Å². The molecule has 1 aliphatic heterocycles. The molecule has 3 rings (SSSR count). The minimum atomic E-state index is -0.342. The van der Waals surface area contributed by atoms with Gasteiger partial charge in [0.05, 0.1) is 11.2 Å². The summed E-state index contributed by atoms with van der Waals surface area (Å²) in [7, 11) is 0. The molecule has 0 aliphatic carbocycles. The minimum absolute atomic E-state index is 0.0116. The van der Waals surface area contributed by atoms with E-state index in [2.05, 4.69) is 10.5 Å². The van der Waals surface area contributed by atoms with E-state index >= 15 is 0 Å². The molecule has 0 unspecified atom stereocenters. The predicted octanol–water partition coefficient (Wildman–Crippen LogP) is 4.11. The number of furan rings is 1. The Morgan fingerprint density at radius 2 is 2.07 bits per heavy atom. The quantitative estimate of drug-likeness (QED) is 0.598. The highest BCUT2D eigenvalue weighted by atomic mass is 35.5. The van der Waals surface area contributed by atoms with Crippen molar-refractivity contribution in [2.75, 3.05) is 13.1 Å². The largest absolute Gasteiger partial charge is 0.455 e. The first-order valence-corrected chi connectivity index (χ1v) is 9.43. The first kappa shape index (κ1) is 19.5. The van der Waals surface area contributed by atoms with E-state index in [-0.39, 0.29) is 18.4 Å². The van der Waals surface area contributed by atoms with Crippen LogP contribution in [0.3, 0.4) is 0 Å². The van der Waals surface area contributed by atoms with Crippen molar-refractivity contribution in [1.29, 1.82) is 0 Å². The van der Waals surface area contributed by atoms with Crippen molar-refractivity contribution in [2.24, 2.45) is 5.10 Å². The van der Waals surface area contributed by atoms with Crippen LogP contribution in [-0.4, -0.2) is 36.0 Å². The first-order chi connectivity index (χ1) is 13.0. The zero-order chi connectivity index (χ0) is 19.2. The molecule has 0 saturated carbocycles. The number of carbonyl (C=O) groups is 2. The number of amides is 2. The molecule has 1 aliphatic rings. The lowest BCUT2D eigenvalue weighted by Gasteiger charge is -2.18. The van der Waals surface area contributed by atoms with E-state index in [1.807, 2.05) is 0 Å². The lowest BCUT2D eigenvalue weighted by Crippen LogP contribution is -2.39. The fourth-order valence-corrected chi connectivity index (χ4v) is 3.22. The van der Waals surface area contributed by atoms with Crippen molar-refractivity contribution < 1.29 is 14.0 Å². The molecule has 1 fully saturated rings. The molecule has 27 heavy (non-hydrogen) atoms. The summed E-state index contributed by atoms with van der Waals surface area (Å²) < 4.78 is 5.66. The molecule has 2 aromatic rings. The van der Waals surface area contributed by atoms with Crippen LogP contribution in [0.1, 0.15) is 31.4 Å². The molecule has 142 valence electrons. The third-order valence-electron chi connectivity index (χ3n) is 4.21. The third kappa shape index (κ3) is 5.34. The van der Waals surface area contributed by atoms with Gasteiger partial charge in [-0.3, -0.25) is 9.59 Å². The van der Waals surface area contributed by atoms with E-state index in [1.165, 1.54) is 6.21 Å². The fourth-order valence-electron chi connectivity index (χ4n) is 2.84. The number of hydrogen-bond donors (Lipinski definition) is 1. The molecule has 1 aromatic carbocycles. The van der Waals surface area contributed by atoms with Crippen LogP contribution in [0.5, 0.6) is 0 Å². The van der Waals surface area contributed by atoms with Crippen molar-refractivity contribution in [3.8, 4) is 11.3 Å². The molecule has 0 bridgehead atoms. The zero-order valence-electron chi connectivity index (χ0n) is 14.6. The van der Waals surface area contributed by atoms with Crippen LogP contribution in [0.25, 0.3) is 11.3 Å². The summed E-state index contributed by atoms with van der Waals surface area (Å²) in [6.45, 7) is 0.621. The number of rotatable bonds is 5. The van der Waals surface area contributed by atoms with Gasteiger partial charge < -0.3 is 9.32 Å². The Hall–Kier alpha value is -2.31. The normalized spacial score (nSPS) is 15.2. The summed E-state index contributed by atoms with van der Waals surface area (Å²) in [5.74, 6) is 0.671. The van der Waals surface area contributed by atoms with E-state index in [9.17, 15) is 9.59 Å². The lowest BCUT2D eigenvalue weighted by molar-refractivity contribution is -0.135. The van der Waals surface area contributed by atoms with E-state index in [0.717, 1.165) is 19.3 Å². The molecule has 1 saturated heterocycles. The van der Waals surface area contributed by atoms with Gasteiger partial charge in [-0.05, 0) is 43.2 Å². The van der Waals surface area contributed by atoms with Crippen LogP contribution in [0, 0.1) is 0 Å². The number of nitrogens with zero attached hydrogens (tertiary/aromatic N) is 2. The Labute approximate surface area is 167 Å². The SMILES string of the molecule is O=C(CN1CCCCCC1=O)N/N=C\c1ccc(-c2cc(Cl)ccc2Cl)o1. The molecule has 1 aromatic heterocycles. The Bertz CT molecular complexity index is 864. The Morgan fingerprint density at radius 3 is 2.93 bits per heavy atom. The summed E-state index contributed by atoms with van der Waals surface area (Å²) in [4.78, 5) is 25.5. The number of hydrazone groups is 1. The van der Waals surface area contributed by atoms with Crippen molar-refractivity contribution >= 4 is 41.2 Å². The fraction of sp³-hybridized carbons (Fsp3) is 0.316. The second-order valence-corrected chi connectivity index (χ2v) is 7.09. The molecule has 8 heteroatoms. The summed E-state index contributed by atoms with van der Waals surface area (Å²) in [6.07, 6.45) is 4.71. The van der Waals surface area contributed by atoms with E-state index in [4.69, 9.17) is 27.6 Å². The number of carbonyl (C=O) groups excluding carboxylic acids is 2. The molecule has 1 N–H and O–H groups in total. The first-order valence-electron chi connectivity index (χ1n) is 8.68. The summed E-state index contributed by atoms with van der Waals surface area (Å²) in [5.41, 5.74) is 3.09. The van der Waals surface area contributed by atoms with E-state index < -0.39 is 0 Å². The van der Waals surface area contributed by atoms with Gasteiger partial charge in [0, 0.05) is 23.6 Å². The molecule has 6 nitrogen and oxygen atoms in total. The minimum Gasteiger partial charge on any atom is -0.455 e. The maximum absolute atomic E-state index is 12.0. The van der Waals surface area contributed by atoms with Gasteiger partial charge in [-0.25, -0.2) is 5.43 Å². The zero-order valence-corrected chi connectivity index (χ0v) is 16.1. The highest BCUT2D eigenvalue weighted by molar-refractivity contribution is 6.35. The second-order valence-electron chi connectivity index (χ2n) is 6.25. The van der Waals surface area contributed by atoms with Crippen molar-refractivity contribution in [1.82, 2.24) is 10.3 Å². The van der Waals surface area contributed by atoms with Gasteiger partial charge in [0.25, 0.3) is 5.91 Å². The van der Waals surface area contributed by atoms with Crippen LogP contribution in [0.2, 0.25) is 10.0 Å². The standard InChI is InChI=1S/C19H19Cl2N3O3/c20-13-5-7-16(21)15(10-13)17-8-6-14(27-17)11-22-23-18(25)12-24-9-3-1-2-4-19(24)26/h5-8,10-11H,1-4,9,12H2,(H,23,25)/b22-11-. The summed E-state index contributed by atoms with van der Waals surface area (Å²) in [5, 5.41) is 4.96. The van der Waals surface area contributed by atoms with Crippen LogP contribution < -0.4 is 5.43 Å². The Balaban J connectivity index is 1.57. The Kier molecular flexibility index (Phi) is 6.53. The molecule has 0 radical (unpaired) electrons. The third-order valence-corrected chi connectivity index (χ3v) is 4.77. The second kappa shape index (κ2) is 9.06. The molecule has 2 amide bonds. The van der Waals surface area contributed by atoms with Crippen molar-refractivity contribution in [3.05, 3.63) is 46.1 Å². The molecular weight excluding hydrogens is 389 g/mol. The maximum atomic E-state index is 12.0. The molecular formula is C19H19Cl2N3O3. The number of nitrogens with one attached hydrogen (secondary N) is 1. The van der Waals surface area contributed by atoms with Crippen LogP contribution >= 0.6 is 23.2 Å². The van der Waals surface area contributed by atoms with Crippen molar-refractivity contribution in [2.45, 2.75) is 25.7 Å². The smallest absolute Gasteiger partial charge is 0.259 e. The van der Waals surface area contributed by atoms with Gasteiger partial charge in [-0.2, -0.15) is 5.10 Å². The van der Waals surface area contributed by atoms with Crippen LogP contribution in [0.15, 0.2) is 39.9 Å². The number of halogens is 2. The Morgan fingerprint density at radius 1 is 1.22 bits per heavy atom. The highest BCUT2D eigenvalue weighted by Gasteiger charge is 2.18. The maximum Gasteiger partial charge on any atom is 0.259 e. The summed E-state index contributed by atoms with van der Waals surface area (Å²) >= 11 is 12.2. The number of likely N-dealkylation sites (tertiary alicyclic amines) is 1. The lowest BCUT2D eigenvalue weighted by atomic mass is 10.2. The summed E-state index contributed by atoms with van der Waals surface area (Å²) in [6, 6.07) is 8.56. The van der Waals surface area contributed by atoms with E-state index in [1.54, 1.807) is 35.2 Å². The predicted molar refractivity (Wildman–Crippen MR) is 105 cm³/mol. The van der Waals surface area contributed by atoms with Crippen LogP contribution in [-0.2, 0) is 9.59 Å². The van der Waals surface area contributed by atoms with Crippen molar-refractivity contribution in [3.63, 3.8) is 0 Å². The topological polar surface area (TPSA) is 74.9 Å². The molecule has 0 spiro atoms. The van der Waals surface area contributed by atoms with Gasteiger partial charge in [-0.1, -0.05) is 29.6 Å². The van der Waals surface area contributed by atoms with Gasteiger partial charge >= 0.3 is 0 Å².